The highest BCUT2D eigenvalue weighted by Gasteiger charge is 2.62. The Labute approximate surface area is 86.1 Å². The van der Waals surface area contributed by atoms with Crippen LogP contribution in [0.1, 0.15) is 13.8 Å². The van der Waals surface area contributed by atoms with Crippen LogP contribution in [0.2, 0.25) is 0 Å². The molecule has 3 saturated heterocycles. The first-order valence-corrected chi connectivity index (χ1v) is 4.88. The van der Waals surface area contributed by atoms with Gasteiger partial charge in [-0.05, 0) is 13.8 Å². The number of fused-ring (bicyclic) bond motifs is 3. The third-order valence-electron chi connectivity index (χ3n) is 2.83. The highest BCUT2D eigenvalue weighted by atomic mass is 16.8. The number of aliphatic hydroxyl groups excluding tert-OH is 1. The van der Waals surface area contributed by atoms with Crippen molar-refractivity contribution in [2.45, 2.75) is 50.3 Å². The third kappa shape index (κ3) is 1.22. The molecule has 0 amide bonds. The zero-order valence-electron chi connectivity index (χ0n) is 8.38. The first-order valence-electron chi connectivity index (χ1n) is 4.88. The number of hydrogen-bond acceptors (Lipinski definition) is 6. The summed E-state index contributed by atoms with van der Waals surface area (Å²) in [6.07, 6.45) is -3.44. The number of hydrogen-bond donors (Lipinski definition) is 1. The van der Waals surface area contributed by atoms with Gasteiger partial charge in [0.05, 0.1) is 0 Å². The van der Waals surface area contributed by atoms with Crippen LogP contribution >= 0.6 is 0 Å². The van der Waals surface area contributed by atoms with Crippen LogP contribution in [-0.4, -0.2) is 47.6 Å². The lowest BCUT2D eigenvalue weighted by atomic mass is 10.1. The molecule has 0 aliphatic carbocycles. The molecule has 1 N–H and O–H groups in total. The first-order chi connectivity index (χ1) is 6.98. The van der Waals surface area contributed by atoms with Crippen molar-refractivity contribution in [3.63, 3.8) is 0 Å². The van der Waals surface area contributed by atoms with Crippen LogP contribution in [0, 0.1) is 0 Å². The van der Waals surface area contributed by atoms with E-state index in [0.717, 1.165) is 0 Å². The van der Waals surface area contributed by atoms with Crippen LogP contribution in [0.25, 0.3) is 0 Å². The predicted molar refractivity (Wildman–Crippen MR) is 44.6 cm³/mol. The minimum atomic E-state index is -1.23. The van der Waals surface area contributed by atoms with Gasteiger partial charge in [-0.2, -0.15) is 0 Å². The second-order valence-corrected chi connectivity index (χ2v) is 4.42. The summed E-state index contributed by atoms with van der Waals surface area (Å²) >= 11 is 0. The van der Waals surface area contributed by atoms with E-state index < -0.39 is 42.5 Å². The average Bonchev–Trinajstić information content (AvgIpc) is 2.66. The maximum absolute atomic E-state index is 11.1. The molecule has 0 aromatic heterocycles. The lowest BCUT2D eigenvalue weighted by Gasteiger charge is -2.20. The maximum atomic E-state index is 11.1. The second-order valence-electron chi connectivity index (χ2n) is 4.42. The number of ether oxygens (including phenoxy) is 4. The molecule has 0 radical (unpaired) electrons. The van der Waals surface area contributed by atoms with Crippen molar-refractivity contribution in [1.82, 2.24) is 0 Å². The quantitative estimate of drug-likeness (QED) is 0.532. The summed E-state index contributed by atoms with van der Waals surface area (Å²) in [4.78, 5) is 11.1. The van der Waals surface area contributed by atoms with E-state index in [-0.39, 0.29) is 0 Å². The molecular weight excluding hydrogens is 204 g/mol. The van der Waals surface area contributed by atoms with Crippen LogP contribution in [0.3, 0.4) is 0 Å². The Bertz CT molecular complexity index is 314. The van der Waals surface area contributed by atoms with Crippen LogP contribution in [-0.2, 0) is 23.7 Å². The fraction of sp³-hybridized carbons (Fsp3) is 0.889. The van der Waals surface area contributed by atoms with E-state index in [2.05, 4.69) is 0 Å². The van der Waals surface area contributed by atoms with Crippen molar-refractivity contribution in [2.24, 2.45) is 0 Å². The largest absolute Gasteiger partial charge is 0.454 e. The Morgan fingerprint density at radius 2 is 1.93 bits per heavy atom. The molecule has 6 nitrogen and oxygen atoms in total. The molecule has 0 bridgehead atoms. The molecule has 0 aromatic rings. The van der Waals surface area contributed by atoms with Crippen LogP contribution in [0.15, 0.2) is 0 Å². The summed E-state index contributed by atoms with van der Waals surface area (Å²) in [5, 5.41) is 9.44. The fourth-order valence-corrected chi connectivity index (χ4v) is 2.23. The standard InChI is InChI=1S/C9H12O6/c1-9(2)14-6-5-4(13-8(6)15-9)3(10)7(11)12-5/h3-6,8,10H,1-2H3/t3-,4-,5+,6+,8+/m1/s1. The smallest absolute Gasteiger partial charge is 0.338 e. The number of rotatable bonds is 0. The Morgan fingerprint density at radius 1 is 1.20 bits per heavy atom. The summed E-state index contributed by atoms with van der Waals surface area (Å²) in [5.41, 5.74) is 0. The highest BCUT2D eigenvalue weighted by molar-refractivity contribution is 5.78. The van der Waals surface area contributed by atoms with Gasteiger partial charge in [0.15, 0.2) is 30.4 Å². The Kier molecular flexibility index (Phi) is 1.72. The second kappa shape index (κ2) is 2.70. The van der Waals surface area contributed by atoms with Gasteiger partial charge in [-0.3, -0.25) is 0 Å². The predicted octanol–water partition coefficient (Wildman–Crippen LogP) is -0.851. The van der Waals surface area contributed by atoms with Crippen molar-refractivity contribution >= 4 is 5.97 Å². The van der Waals surface area contributed by atoms with Gasteiger partial charge < -0.3 is 24.1 Å². The van der Waals surface area contributed by atoms with Crippen molar-refractivity contribution in [3.8, 4) is 0 Å². The van der Waals surface area contributed by atoms with Gasteiger partial charge in [-0.15, -0.1) is 0 Å². The molecule has 0 unspecified atom stereocenters. The topological polar surface area (TPSA) is 74.2 Å². The van der Waals surface area contributed by atoms with Crippen molar-refractivity contribution in [2.75, 3.05) is 0 Å². The third-order valence-corrected chi connectivity index (χ3v) is 2.83. The highest BCUT2D eigenvalue weighted by Crippen LogP contribution is 2.42. The molecule has 84 valence electrons. The molecule has 3 heterocycles. The van der Waals surface area contributed by atoms with Gasteiger partial charge in [0.25, 0.3) is 0 Å². The molecule has 5 atom stereocenters. The Morgan fingerprint density at radius 3 is 2.67 bits per heavy atom. The van der Waals surface area contributed by atoms with Crippen molar-refractivity contribution < 1.29 is 28.8 Å². The fourth-order valence-electron chi connectivity index (χ4n) is 2.23. The zero-order chi connectivity index (χ0) is 10.8. The Balaban J connectivity index is 1.83. The molecule has 3 aliphatic heterocycles. The van der Waals surface area contributed by atoms with E-state index in [1.807, 2.05) is 0 Å². The van der Waals surface area contributed by atoms with Crippen molar-refractivity contribution in [3.05, 3.63) is 0 Å². The maximum Gasteiger partial charge on any atom is 0.338 e. The summed E-state index contributed by atoms with van der Waals surface area (Å²) in [5.74, 6) is -1.39. The number of esters is 1. The van der Waals surface area contributed by atoms with Gasteiger partial charge in [0, 0.05) is 0 Å². The van der Waals surface area contributed by atoms with Gasteiger partial charge in [0.1, 0.15) is 6.10 Å². The monoisotopic (exact) mass is 216 g/mol. The lowest BCUT2D eigenvalue weighted by Crippen LogP contribution is -2.35. The van der Waals surface area contributed by atoms with Crippen LogP contribution < -0.4 is 0 Å². The molecule has 0 spiro atoms. The lowest BCUT2D eigenvalue weighted by molar-refractivity contribution is -0.214. The molecule has 15 heavy (non-hydrogen) atoms. The zero-order valence-corrected chi connectivity index (χ0v) is 8.38. The molecule has 6 heteroatoms. The minimum absolute atomic E-state index is 0.439. The van der Waals surface area contributed by atoms with Crippen molar-refractivity contribution in [1.29, 1.82) is 0 Å². The molecule has 0 aromatic carbocycles. The van der Waals surface area contributed by atoms with E-state index in [1.165, 1.54) is 0 Å². The molecular formula is C9H12O6. The SMILES string of the molecule is CC1(C)O[C@@H]2O[C@H]3[C@H](OC(=O)[C@@H]3O)[C@@H]2O1. The summed E-state index contributed by atoms with van der Waals surface area (Å²) in [7, 11) is 0. The van der Waals surface area contributed by atoms with E-state index in [9.17, 15) is 9.90 Å². The normalized spacial score (nSPS) is 51.4. The molecule has 3 fully saturated rings. The minimum Gasteiger partial charge on any atom is -0.454 e. The van der Waals surface area contributed by atoms with Gasteiger partial charge in [-0.1, -0.05) is 0 Å². The Hall–Kier alpha value is -0.690. The molecule has 0 saturated carbocycles. The number of carbonyl (C=O) groups is 1. The summed E-state index contributed by atoms with van der Waals surface area (Å²) < 4.78 is 21.4. The van der Waals surface area contributed by atoms with E-state index in [0.29, 0.717) is 0 Å². The summed E-state index contributed by atoms with van der Waals surface area (Å²) in [6, 6.07) is 0. The van der Waals surface area contributed by atoms with Crippen LogP contribution in [0.5, 0.6) is 0 Å². The van der Waals surface area contributed by atoms with Gasteiger partial charge >= 0.3 is 5.97 Å². The van der Waals surface area contributed by atoms with E-state index >= 15 is 0 Å². The van der Waals surface area contributed by atoms with Crippen LogP contribution in [0.4, 0.5) is 0 Å². The summed E-state index contributed by atoms with van der Waals surface area (Å²) in [6.45, 7) is 3.52. The number of carbonyl (C=O) groups excluding carboxylic acids is 1. The average molecular weight is 216 g/mol. The molecule has 3 rings (SSSR count). The van der Waals surface area contributed by atoms with E-state index in [1.54, 1.807) is 13.8 Å². The van der Waals surface area contributed by atoms with Gasteiger partial charge in [0.2, 0.25) is 0 Å². The van der Waals surface area contributed by atoms with E-state index in [4.69, 9.17) is 18.9 Å². The number of aliphatic hydroxyl groups is 1. The molecule has 3 aliphatic rings. The first kappa shape index (κ1) is 9.53. The van der Waals surface area contributed by atoms with Gasteiger partial charge in [-0.25, -0.2) is 4.79 Å².